The largest absolute Gasteiger partial charge is 0.441 e. The van der Waals surface area contributed by atoms with Crippen LogP contribution < -0.4 is 0 Å². The van der Waals surface area contributed by atoms with E-state index in [0.29, 0.717) is 22.9 Å². The van der Waals surface area contributed by atoms with E-state index in [4.69, 9.17) is 4.42 Å². The van der Waals surface area contributed by atoms with Gasteiger partial charge in [0, 0.05) is 19.5 Å². The van der Waals surface area contributed by atoms with Gasteiger partial charge >= 0.3 is 0 Å². The van der Waals surface area contributed by atoms with Gasteiger partial charge in [0.25, 0.3) is 0 Å². The third-order valence-electron chi connectivity index (χ3n) is 3.19. The highest BCUT2D eigenvalue weighted by atomic mass is 16.3. The maximum Gasteiger partial charge on any atom is 0.192 e. The molecule has 2 aromatic heterocycles. The van der Waals surface area contributed by atoms with Crippen molar-refractivity contribution in [1.82, 2.24) is 14.5 Å². The average Bonchev–Trinajstić information content (AvgIpc) is 2.89. The number of hydrogen-bond acceptors (Lipinski definition) is 4. The molecular formula is C14H12N4O. The van der Waals surface area contributed by atoms with E-state index in [9.17, 15) is 5.26 Å². The lowest BCUT2D eigenvalue weighted by molar-refractivity contribution is 0.561. The highest BCUT2D eigenvalue weighted by molar-refractivity contribution is 5.80. The van der Waals surface area contributed by atoms with E-state index in [1.54, 1.807) is 4.57 Å². The normalized spacial score (nSPS) is 10.8. The SMILES string of the molecule is Cc1nc2ccc(-c3nc(C)n(C)c3C#N)cc2o1. The Bertz CT molecular complexity index is 820. The molecule has 19 heavy (non-hydrogen) atoms. The fraction of sp³-hybridized carbons (Fsp3) is 0.214. The van der Waals surface area contributed by atoms with E-state index >= 15 is 0 Å². The zero-order valence-corrected chi connectivity index (χ0v) is 10.9. The molecule has 5 nitrogen and oxygen atoms in total. The van der Waals surface area contributed by atoms with Crippen LogP contribution in [0.3, 0.4) is 0 Å². The number of nitrogens with zero attached hydrogens (tertiary/aromatic N) is 4. The van der Waals surface area contributed by atoms with Gasteiger partial charge < -0.3 is 8.98 Å². The summed E-state index contributed by atoms with van der Waals surface area (Å²) in [5, 5.41) is 9.24. The first kappa shape index (κ1) is 11.5. The Balaban J connectivity index is 2.24. The third-order valence-corrected chi connectivity index (χ3v) is 3.19. The van der Waals surface area contributed by atoms with Crippen molar-refractivity contribution in [2.75, 3.05) is 0 Å². The van der Waals surface area contributed by atoms with Crippen LogP contribution in [-0.2, 0) is 7.05 Å². The van der Waals surface area contributed by atoms with E-state index < -0.39 is 0 Å². The molecule has 0 unspecified atom stereocenters. The molecule has 0 aliphatic heterocycles. The van der Waals surface area contributed by atoms with Crippen molar-refractivity contribution < 1.29 is 4.42 Å². The zero-order chi connectivity index (χ0) is 13.6. The van der Waals surface area contributed by atoms with Gasteiger partial charge in [0.2, 0.25) is 0 Å². The van der Waals surface area contributed by atoms with Gasteiger partial charge in [0.15, 0.2) is 11.5 Å². The van der Waals surface area contributed by atoms with Gasteiger partial charge in [0.05, 0.1) is 0 Å². The van der Waals surface area contributed by atoms with E-state index in [2.05, 4.69) is 16.0 Å². The molecule has 0 bridgehead atoms. The molecule has 0 spiro atoms. The fourth-order valence-corrected chi connectivity index (χ4v) is 2.13. The van der Waals surface area contributed by atoms with E-state index in [1.807, 2.05) is 39.1 Å². The molecule has 0 aliphatic carbocycles. The maximum atomic E-state index is 9.24. The van der Waals surface area contributed by atoms with Gasteiger partial charge in [-0.25, -0.2) is 9.97 Å². The lowest BCUT2D eigenvalue weighted by Gasteiger charge is -1.98. The minimum Gasteiger partial charge on any atom is -0.441 e. The minimum atomic E-state index is 0.549. The Kier molecular flexibility index (Phi) is 2.39. The summed E-state index contributed by atoms with van der Waals surface area (Å²) in [6.45, 7) is 3.69. The predicted octanol–water partition coefficient (Wildman–Crippen LogP) is 2.72. The molecule has 0 saturated heterocycles. The van der Waals surface area contributed by atoms with E-state index in [0.717, 1.165) is 16.9 Å². The molecule has 94 valence electrons. The second-order valence-corrected chi connectivity index (χ2v) is 4.44. The van der Waals surface area contributed by atoms with Gasteiger partial charge in [-0.1, -0.05) is 6.07 Å². The van der Waals surface area contributed by atoms with Crippen LogP contribution in [0.5, 0.6) is 0 Å². The summed E-state index contributed by atoms with van der Waals surface area (Å²) in [6.07, 6.45) is 0. The Morgan fingerprint density at radius 2 is 2.05 bits per heavy atom. The summed E-state index contributed by atoms with van der Waals surface area (Å²) in [6, 6.07) is 7.85. The molecule has 1 aromatic carbocycles. The van der Waals surface area contributed by atoms with Crippen LogP contribution in [0.4, 0.5) is 0 Å². The second kappa shape index (κ2) is 3.95. The number of aryl methyl sites for hydroxylation is 2. The highest BCUT2D eigenvalue weighted by Gasteiger charge is 2.15. The summed E-state index contributed by atoms with van der Waals surface area (Å²) in [5.41, 5.74) is 3.62. The van der Waals surface area contributed by atoms with Crippen LogP contribution in [0.15, 0.2) is 22.6 Å². The molecule has 0 atom stereocenters. The Morgan fingerprint density at radius 1 is 1.26 bits per heavy atom. The number of fused-ring (bicyclic) bond motifs is 1. The molecule has 2 heterocycles. The summed E-state index contributed by atoms with van der Waals surface area (Å²) in [5.74, 6) is 1.44. The molecule has 0 N–H and O–H groups in total. The molecule has 0 radical (unpaired) electrons. The van der Waals surface area contributed by atoms with Gasteiger partial charge in [-0.2, -0.15) is 5.26 Å². The lowest BCUT2D eigenvalue weighted by atomic mass is 10.1. The molecular weight excluding hydrogens is 240 g/mol. The Labute approximate surface area is 110 Å². The monoisotopic (exact) mass is 252 g/mol. The number of hydrogen-bond donors (Lipinski definition) is 0. The summed E-state index contributed by atoms with van der Waals surface area (Å²) < 4.78 is 7.29. The van der Waals surface area contributed by atoms with Crippen LogP contribution in [0.1, 0.15) is 17.4 Å². The Morgan fingerprint density at radius 3 is 2.79 bits per heavy atom. The van der Waals surface area contributed by atoms with Crippen LogP contribution >= 0.6 is 0 Å². The number of rotatable bonds is 1. The number of nitriles is 1. The highest BCUT2D eigenvalue weighted by Crippen LogP contribution is 2.26. The van der Waals surface area contributed by atoms with Crippen LogP contribution in [0.2, 0.25) is 0 Å². The van der Waals surface area contributed by atoms with Crippen LogP contribution in [0.25, 0.3) is 22.4 Å². The first-order chi connectivity index (χ1) is 9.10. The average molecular weight is 252 g/mol. The van der Waals surface area contributed by atoms with Crippen molar-refractivity contribution in [2.24, 2.45) is 7.05 Å². The molecule has 5 heteroatoms. The zero-order valence-electron chi connectivity index (χ0n) is 10.9. The van der Waals surface area contributed by atoms with Crippen molar-refractivity contribution in [1.29, 1.82) is 5.26 Å². The lowest BCUT2D eigenvalue weighted by Crippen LogP contribution is -1.94. The molecule has 0 saturated carbocycles. The van der Waals surface area contributed by atoms with E-state index in [-0.39, 0.29) is 0 Å². The first-order valence-electron chi connectivity index (χ1n) is 5.91. The van der Waals surface area contributed by atoms with Crippen molar-refractivity contribution in [3.05, 3.63) is 35.6 Å². The minimum absolute atomic E-state index is 0.549. The number of benzene rings is 1. The van der Waals surface area contributed by atoms with E-state index in [1.165, 1.54) is 0 Å². The summed E-state index contributed by atoms with van der Waals surface area (Å²) >= 11 is 0. The molecule has 0 aliphatic rings. The third kappa shape index (κ3) is 1.69. The van der Waals surface area contributed by atoms with Crippen LogP contribution in [0, 0.1) is 25.2 Å². The van der Waals surface area contributed by atoms with Gasteiger partial charge in [-0.15, -0.1) is 0 Å². The number of oxazole rings is 1. The standard InChI is InChI=1S/C14H12N4O/c1-8-16-14(12(7-15)18(8)3)10-4-5-11-13(6-10)19-9(2)17-11/h4-6H,1-3H3. The maximum absolute atomic E-state index is 9.24. The van der Waals surface area contributed by atoms with Gasteiger partial charge in [-0.3, -0.25) is 0 Å². The molecule has 0 amide bonds. The smallest absolute Gasteiger partial charge is 0.192 e. The quantitative estimate of drug-likeness (QED) is 0.667. The van der Waals surface area contributed by atoms with Gasteiger partial charge in [0.1, 0.15) is 28.8 Å². The van der Waals surface area contributed by atoms with Crippen LogP contribution in [-0.4, -0.2) is 14.5 Å². The van der Waals surface area contributed by atoms with Gasteiger partial charge in [-0.05, 0) is 19.1 Å². The number of imidazole rings is 1. The number of aromatic nitrogens is 3. The van der Waals surface area contributed by atoms with Crippen molar-refractivity contribution in [3.8, 4) is 17.3 Å². The summed E-state index contributed by atoms with van der Waals surface area (Å²) in [4.78, 5) is 8.70. The summed E-state index contributed by atoms with van der Waals surface area (Å²) in [7, 11) is 1.83. The first-order valence-corrected chi connectivity index (χ1v) is 5.91. The predicted molar refractivity (Wildman–Crippen MR) is 70.4 cm³/mol. The molecule has 3 rings (SSSR count). The Hall–Kier alpha value is -2.61. The molecule has 3 aromatic rings. The fourth-order valence-electron chi connectivity index (χ4n) is 2.13. The molecule has 0 fully saturated rings. The van der Waals surface area contributed by atoms with Crippen molar-refractivity contribution in [2.45, 2.75) is 13.8 Å². The van der Waals surface area contributed by atoms with Crippen molar-refractivity contribution >= 4 is 11.1 Å². The second-order valence-electron chi connectivity index (χ2n) is 4.44. The topological polar surface area (TPSA) is 67.6 Å². The van der Waals surface area contributed by atoms with Crippen molar-refractivity contribution in [3.63, 3.8) is 0 Å².